The Labute approximate surface area is 121 Å². The Morgan fingerprint density at radius 3 is 1.10 bits per heavy atom. The average molecular weight is 262 g/mol. The lowest BCUT2D eigenvalue weighted by molar-refractivity contribution is 1.33. The first-order chi connectivity index (χ1) is 9.40. The SMILES string of the molecule is Cc1cc(C)c2cc3c(C)c(C)cc(C)c3cc2c1C. The van der Waals surface area contributed by atoms with Crippen LogP contribution >= 0.6 is 0 Å². The van der Waals surface area contributed by atoms with Crippen molar-refractivity contribution in [1.82, 2.24) is 0 Å². The van der Waals surface area contributed by atoms with E-state index in [0.29, 0.717) is 0 Å². The van der Waals surface area contributed by atoms with Crippen LogP contribution < -0.4 is 0 Å². The molecule has 3 rings (SSSR count). The molecule has 20 heavy (non-hydrogen) atoms. The molecule has 0 aliphatic carbocycles. The third kappa shape index (κ3) is 1.75. The van der Waals surface area contributed by atoms with Crippen molar-refractivity contribution in [3.8, 4) is 0 Å². The first-order valence-corrected chi connectivity index (χ1v) is 7.31. The van der Waals surface area contributed by atoms with Gasteiger partial charge >= 0.3 is 0 Å². The maximum Gasteiger partial charge on any atom is -0.0143 e. The molecular formula is C20H22. The number of benzene rings is 3. The van der Waals surface area contributed by atoms with Crippen molar-refractivity contribution in [2.24, 2.45) is 0 Å². The predicted molar refractivity (Wildman–Crippen MR) is 89.9 cm³/mol. The van der Waals surface area contributed by atoms with Crippen LogP contribution in [-0.4, -0.2) is 0 Å². The van der Waals surface area contributed by atoms with E-state index in [4.69, 9.17) is 0 Å². The number of aryl methyl sites for hydroxylation is 6. The topological polar surface area (TPSA) is 0 Å². The van der Waals surface area contributed by atoms with Crippen LogP contribution in [0.3, 0.4) is 0 Å². The molecule has 0 amide bonds. The van der Waals surface area contributed by atoms with E-state index in [9.17, 15) is 0 Å². The predicted octanol–water partition coefficient (Wildman–Crippen LogP) is 5.84. The minimum Gasteiger partial charge on any atom is -0.0555 e. The number of hydrogen-bond acceptors (Lipinski definition) is 0. The van der Waals surface area contributed by atoms with E-state index in [1.807, 2.05) is 0 Å². The molecule has 0 unspecified atom stereocenters. The van der Waals surface area contributed by atoms with Gasteiger partial charge in [0.15, 0.2) is 0 Å². The van der Waals surface area contributed by atoms with Gasteiger partial charge in [-0.1, -0.05) is 12.1 Å². The molecule has 0 radical (unpaired) electrons. The smallest absolute Gasteiger partial charge is 0.0143 e. The van der Waals surface area contributed by atoms with Gasteiger partial charge in [0.05, 0.1) is 0 Å². The fourth-order valence-corrected chi connectivity index (χ4v) is 3.32. The van der Waals surface area contributed by atoms with Crippen LogP contribution in [0.4, 0.5) is 0 Å². The Kier molecular flexibility index (Phi) is 2.86. The zero-order valence-electron chi connectivity index (χ0n) is 13.3. The van der Waals surface area contributed by atoms with Gasteiger partial charge in [-0.2, -0.15) is 0 Å². The molecule has 0 aliphatic heterocycles. The van der Waals surface area contributed by atoms with E-state index in [2.05, 4.69) is 65.8 Å². The molecule has 3 aromatic rings. The molecule has 0 saturated heterocycles. The van der Waals surface area contributed by atoms with Crippen molar-refractivity contribution < 1.29 is 0 Å². The molecule has 0 heterocycles. The standard InChI is InChI=1S/C20H22/c1-11-7-13(3)17-10-20-16(6)12(2)8-14(4)18(20)9-19(17)15(11)5/h7-10H,1-6H3. The van der Waals surface area contributed by atoms with Crippen molar-refractivity contribution in [3.05, 3.63) is 57.6 Å². The third-order valence-corrected chi connectivity index (χ3v) is 4.86. The molecular weight excluding hydrogens is 240 g/mol. The summed E-state index contributed by atoms with van der Waals surface area (Å²) in [5, 5.41) is 5.60. The van der Waals surface area contributed by atoms with Gasteiger partial charge in [-0.05, 0) is 109 Å². The summed E-state index contributed by atoms with van der Waals surface area (Å²) in [6, 6.07) is 9.40. The second-order valence-corrected chi connectivity index (χ2v) is 6.21. The van der Waals surface area contributed by atoms with Gasteiger partial charge in [-0.25, -0.2) is 0 Å². The highest BCUT2D eigenvalue weighted by Crippen LogP contribution is 2.33. The number of rotatable bonds is 0. The summed E-state index contributed by atoms with van der Waals surface area (Å²) in [5.41, 5.74) is 8.34. The van der Waals surface area contributed by atoms with Crippen LogP contribution in [0.1, 0.15) is 33.4 Å². The molecule has 0 fully saturated rings. The molecule has 0 aliphatic rings. The van der Waals surface area contributed by atoms with Crippen LogP contribution in [-0.2, 0) is 0 Å². The first kappa shape index (κ1) is 13.2. The minimum atomic E-state index is 1.38. The Morgan fingerprint density at radius 2 is 0.750 bits per heavy atom. The lowest BCUT2D eigenvalue weighted by Gasteiger charge is -2.15. The van der Waals surface area contributed by atoms with Gasteiger partial charge in [0.2, 0.25) is 0 Å². The maximum absolute atomic E-state index is 2.39. The lowest BCUT2D eigenvalue weighted by Crippen LogP contribution is -1.92. The normalized spacial score (nSPS) is 11.5. The van der Waals surface area contributed by atoms with Crippen molar-refractivity contribution in [2.45, 2.75) is 41.5 Å². The Balaban J connectivity index is 2.60. The van der Waals surface area contributed by atoms with Crippen LogP contribution in [0.5, 0.6) is 0 Å². The van der Waals surface area contributed by atoms with Gasteiger partial charge in [0.1, 0.15) is 0 Å². The van der Waals surface area contributed by atoms with Crippen LogP contribution in [0.2, 0.25) is 0 Å². The van der Waals surface area contributed by atoms with Gasteiger partial charge in [0, 0.05) is 0 Å². The van der Waals surface area contributed by atoms with Crippen LogP contribution in [0.25, 0.3) is 21.5 Å². The van der Waals surface area contributed by atoms with Gasteiger partial charge < -0.3 is 0 Å². The van der Waals surface area contributed by atoms with Gasteiger partial charge in [-0.15, -0.1) is 0 Å². The molecule has 0 atom stereocenters. The molecule has 0 spiro atoms. The monoisotopic (exact) mass is 262 g/mol. The molecule has 0 heteroatoms. The summed E-state index contributed by atoms with van der Waals surface area (Å²) < 4.78 is 0. The molecule has 3 aromatic carbocycles. The molecule has 102 valence electrons. The molecule has 0 nitrogen and oxygen atoms in total. The molecule has 0 bridgehead atoms. The summed E-state index contributed by atoms with van der Waals surface area (Å²) in [4.78, 5) is 0. The van der Waals surface area contributed by atoms with Gasteiger partial charge in [0.25, 0.3) is 0 Å². The second kappa shape index (κ2) is 4.34. The van der Waals surface area contributed by atoms with Crippen molar-refractivity contribution in [3.63, 3.8) is 0 Å². The van der Waals surface area contributed by atoms with Crippen molar-refractivity contribution >= 4 is 21.5 Å². The quantitative estimate of drug-likeness (QED) is 0.446. The third-order valence-electron chi connectivity index (χ3n) is 4.86. The summed E-state index contributed by atoms with van der Waals surface area (Å²) in [6.45, 7) is 13.3. The second-order valence-electron chi connectivity index (χ2n) is 6.21. The van der Waals surface area contributed by atoms with E-state index in [-0.39, 0.29) is 0 Å². The Bertz CT molecular complexity index is 778. The van der Waals surface area contributed by atoms with E-state index >= 15 is 0 Å². The highest BCUT2D eigenvalue weighted by atomic mass is 14.1. The van der Waals surface area contributed by atoms with Gasteiger partial charge in [-0.3, -0.25) is 0 Å². The largest absolute Gasteiger partial charge is 0.0555 e. The van der Waals surface area contributed by atoms with Crippen LogP contribution in [0, 0.1) is 41.5 Å². The highest BCUT2D eigenvalue weighted by molar-refractivity contribution is 6.04. The minimum absolute atomic E-state index is 1.38. The summed E-state index contributed by atoms with van der Waals surface area (Å²) in [7, 11) is 0. The van der Waals surface area contributed by atoms with E-state index in [0.717, 1.165) is 0 Å². The van der Waals surface area contributed by atoms with Crippen LogP contribution in [0.15, 0.2) is 24.3 Å². The van der Waals surface area contributed by atoms with Crippen molar-refractivity contribution in [2.75, 3.05) is 0 Å². The fourth-order valence-electron chi connectivity index (χ4n) is 3.32. The summed E-state index contributed by atoms with van der Waals surface area (Å²) >= 11 is 0. The average Bonchev–Trinajstić information content (AvgIpc) is 2.41. The fraction of sp³-hybridized carbons (Fsp3) is 0.300. The number of hydrogen-bond donors (Lipinski definition) is 0. The zero-order chi connectivity index (χ0) is 14.6. The number of fused-ring (bicyclic) bond motifs is 2. The maximum atomic E-state index is 2.39. The summed E-state index contributed by atoms with van der Waals surface area (Å²) in [6.07, 6.45) is 0. The summed E-state index contributed by atoms with van der Waals surface area (Å²) in [5.74, 6) is 0. The molecule has 0 aromatic heterocycles. The van der Waals surface area contributed by atoms with Crippen molar-refractivity contribution in [1.29, 1.82) is 0 Å². The first-order valence-electron chi connectivity index (χ1n) is 7.31. The molecule has 0 saturated carbocycles. The lowest BCUT2D eigenvalue weighted by atomic mass is 9.90. The van der Waals surface area contributed by atoms with E-state index in [1.165, 1.54) is 54.9 Å². The highest BCUT2D eigenvalue weighted by Gasteiger charge is 2.10. The Hall–Kier alpha value is -1.82. The van der Waals surface area contributed by atoms with E-state index in [1.54, 1.807) is 0 Å². The van der Waals surface area contributed by atoms with E-state index < -0.39 is 0 Å². The molecule has 0 N–H and O–H groups in total. The zero-order valence-corrected chi connectivity index (χ0v) is 13.3. The Morgan fingerprint density at radius 1 is 0.400 bits per heavy atom.